The Bertz CT molecular complexity index is 196. The molecule has 13 heavy (non-hydrogen) atoms. The molecule has 0 N–H and O–H groups in total. The van der Waals surface area contributed by atoms with Crippen molar-refractivity contribution in [1.82, 2.24) is 0 Å². The van der Waals surface area contributed by atoms with E-state index in [9.17, 15) is 0 Å². The third-order valence-corrected chi connectivity index (χ3v) is 3.11. The highest BCUT2D eigenvalue weighted by Crippen LogP contribution is 2.39. The van der Waals surface area contributed by atoms with Crippen molar-refractivity contribution >= 4 is 0 Å². The van der Waals surface area contributed by atoms with E-state index in [2.05, 4.69) is 0 Å². The Kier molecular flexibility index (Phi) is 2.32. The van der Waals surface area contributed by atoms with Gasteiger partial charge in [-0.3, -0.25) is 0 Å². The second-order valence-corrected chi connectivity index (χ2v) is 3.75. The summed E-state index contributed by atoms with van der Waals surface area (Å²) in [6.07, 6.45) is 0.0882. The zero-order chi connectivity index (χ0) is 9.47. The molecule has 0 unspecified atom stereocenters. The van der Waals surface area contributed by atoms with Gasteiger partial charge in [-0.15, -0.1) is 0 Å². The van der Waals surface area contributed by atoms with Crippen LogP contribution in [0.1, 0.15) is 6.92 Å². The van der Waals surface area contributed by atoms with Crippen LogP contribution in [0, 0.1) is 0 Å². The Morgan fingerprint density at radius 2 is 2.00 bits per heavy atom. The molecule has 4 heteroatoms. The van der Waals surface area contributed by atoms with Gasteiger partial charge in [0.05, 0.1) is 13.2 Å². The molecule has 4 atom stereocenters. The van der Waals surface area contributed by atoms with E-state index in [1.54, 1.807) is 14.2 Å². The molecule has 2 rings (SSSR count). The van der Waals surface area contributed by atoms with Crippen molar-refractivity contribution in [2.24, 2.45) is 0 Å². The van der Waals surface area contributed by atoms with Crippen LogP contribution in [0.4, 0.5) is 0 Å². The standard InChI is InChI=1S/C9H16O4/c1-9-7(11-3)5-12-8(9)6(10-2)4-13-9/h6-8H,4-5H2,1-3H3/t6-,7+,8+,9+/m0/s1. The molecule has 0 aliphatic carbocycles. The van der Waals surface area contributed by atoms with E-state index in [0.29, 0.717) is 13.2 Å². The van der Waals surface area contributed by atoms with E-state index in [4.69, 9.17) is 18.9 Å². The van der Waals surface area contributed by atoms with Gasteiger partial charge in [0.15, 0.2) is 0 Å². The van der Waals surface area contributed by atoms with Crippen LogP contribution in [0.25, 0.3) is 0 Å². The summed E-state index contributed by atoms with van der Waals surface area (Å²) in [6.45, 7) is 3.22. The molecule has 0 amide bonds. The molecular formula is C9H16O4. The molecule has 0 radical (unpaired) electrons. The van der Waals surface area contributed by atoms with E-state index in [1.807, 2.05) is 6.92 Å². The zero-order valence-corrected chi connectivity index (χ0v) is 8.28. The fraction of sp³-hybridized carbons (Fsp3) is 1.00. The summed E-state index contributed by atoms with van der Waals surface area (Å²) >= 11 is 0. The van der Waals surface area contributed by atoms with Gasteiger partial charge in [-0.05, 0) is 6.92 Å². The molecule has 4 nitrogen and oxygen atoms in total. The molecule has 0 spiro atoms. The lowest BCUT2D eigenvalue weighted by molar-refractivity contribution is -0.0774. The SMILES string of the molecule is CO[C@H]1CO[C@@]2(C)[C@@H]1OC[C@H]2OC. The van der Waals surface area contributed by atoms with Gasteiger partial charge in [-0.2, -0.15) is 0 Å². The zero-order valence-electron chi connectivity index (χ0n) is 8.28. The first kappa shape index (κ1) is 9.40. The number of fused-ring (bicyclic) bond motifs is 1. The van der Waals surface area contributed by atoms with Gasteiger partial charge >= 0.3 is 0 Å². The maximum Gasteiger partial charge on any atom is 0.122 e. The van der Waals surface area contributed by atoms with E-state index in [-0.39, 0.29) is 23.9 Å². The van der Waals surface area contributed by atoms with E-state index in [1.165, 1.54) is 0 Å². The molecule has 0 aromatic carbocycles. The molecular weight excluding hydrogens is 172 g/mol. The summed E-state index contributed by atoms with van der Waals surface area (Å²) in [5.74, 6) is 0. The van der Waals surface area contributed by atoms with Crippen molar-refractivity contribution in [3.8, 4) is 0 Å². The Labute approximate surface area is 78.1 Å². The molecule has 0 saturated carbocycles. The first-order valence-electron chi connectivity index (χ1n) is 4.53. The van der Waals surface area contributed by atoms with E-state index >= 15 is 0 Å². The highest BCUT2D eigenvalue weighted by molar-refractivity contribution is 5.05. The first-order valence-corrected chi connectivity index (χ1v) is 4.53. The number of hydrogen-bond acceptors (Lipinski definition) is 4. The summed E-state index contributed by atoms with van der Waals surface area (Å²) < 4.78 is 21.9. The van der Waals surface area contributed by atoms with Crippen molar-refractivity contribution in [1.29, 1.82) is 0 Å². The van der Waals surface area contributed by atoms with Crippen LogP contribution >= 0.6 is 0 Å². The minimum atomic E-state index is -0.324. The lowest BCUT2D eigenvalue weighted by Gasteiger charge is -2.27. The summed E-state index contributed by atoms with van der Waals surface area (Å²) in [6, 6.07) is 0. The van der Waals surface area contributed by atoms with Gasteiger partial charge in [0.2, 0.25) is 0 Å². The third-order valence-electron chi connectivity index (χ3n) is 3.11. The topological polar surface area (TPSA) is 36.9 Å². The number of rotatable bonds is 2. The Morgan fingerprint density at radius 1 is 1.23 bits per heavy atom. The van der Waals surface area contributed by atoms with Crippen LogP contribution in [0.5, 0.6) is 0 Å². The van der Waals surface area contributed by atoms with Crippen molar-refractivity contribution in [3.05, 3.63) is 0 Å². The first-order chi connectivity index (χ1) is 6.22. The monoisotopic (exact) mass is 188 g/mol. The van der Waals surface area contributed by atoms with Crippen molar-refractivity contribution < 1.29 is 18.9 Å². The summed E-state index contributed by atoms with van der Waals surface area (Å²) in [5.41, 5.74) is -0.324. The lowest BCUT2D eigenvalue weighted by Crippen LogP contribution is -2.45. The van der Waals surface area contributed by atoms with Crippen LogP contribution in [0.15, 0.2) is 0 Å². The Morgan fingerprint density at radius 3 is 2.62 bits per heavy atom. The predicted molar refractivity (Wildman–Crippen MR) is 45.7 cm³/mol. The van der Waals surface area contributed by atoms with Crippen molar-refractivity contribution in [3.63, 3.8) is 0 Å². The summed E-state index contributed by atoms with van der Waals surface area (Å²) in [7, 11) is 3.37. The molecule has 2 aliphatic rings. The molecule has 76 valence electrons. The smallest absolute Gasteiger partial charge is 0.122 e. The summed E-state index contributed by atoms with van der Waals surface area (Å²) in [4.78, 5) is 0. The molecule has 2 saturated heterocycles. The van der Waals surface area contributed by atoms with Gasteiger partial charge in [0.25, 0.3) is 0 Å². The fourth-order valence-electron chi connectivity index (χ4n) is 2.20. The van der Waals surface area contributed by atoms with Gasteiger partial charge in [-0.1, -0.05) is 0 Å². The minimum Gasteiger partial charge on any atom is -0.376 e. The van der Waals surface area contributed by atoms with Crippen molar-refractivity contribution in [2.75, 3.05) is 27.4 Å². The largest absolute Gasteiger partial charge is 0.376 e. The molecule has 2 heterocycles. The minimum absolute atomic E-state index is 0.0162. The maximum atomic E-state index is 5.70. The van der Waals surface area contributed by atoms with E-state index in [0.717, 1.165) is 0 Å². The number of ether oxygens (including phenoxy) is 4. The molecule has 0 aromatic heterocycles. The van der Waals surface area contributed by atoms with Crippen LogP contribution in [0.3, 0.4) is 0 Å². The van der Waals surface area contributed by atoms with Gasteiger partial charge in [0, 0.05) is 14.2 Å². The lowest BCUT2D eigenvalue weighted by atomic mass is 9.95. The van der Waals surface area contributed by atoms with Crippen LogP contribution in [-0.4, -0.2) is 51.3 Å². The average Bonchev–Trinajstić information content (AvgIpc) is 2.59. The van der Waals surface area contributed by atoms with Crippen molar-refractivity contribution in [2.45, 2.75) is 30.8 Å². The highest BCUT2D eigenvalue weighted by atomic mass is 16.6. The molecule has 0 bridgehead atoms. The fourth-order valence-corrected chi connectivity index (χ4v) is 2.20. The highest BCUT2D eigenvalue weighted by Gasteiger charge is 2.57. The second-order valence-electron chi connectivity index (χ2n) is 3.75. The van der Waals surface area contributed by atoms with Crippen LogP contribution in [-0.2, 0) is 18.9 Å². The maximum absolute atomic E-state index is 5.70. The molecule has 2 aliphatic heterocycles. The van der Waals surface area contributed by atoms with E-state index < -0.39 is 0 Å². The molecule has 0 aromatic rings. The second kappa shape index (κ2) is 3.20. The Hall–Kier alpha value is -0.160. The third kappa shape index (κ3) is 1.21. The van der Waals surface area contributed by atoms with Gasteiger partial charge < -0.3 is 18.9 Å². The Balaban J connectivity index is 2.15. The normalized spacial score (nSPS) is 49.6. The number of hydrogen-bond donors (Lipinski definition) is 0. The van der Waals surface area contributed by atoms with Crippen LogP contribution in [0.2, 0.25) is 0 Å². The molecule has 2 fully saturated rings. The van der Waals surface area contributed by atoms with Crippen LogP contribution < -0.4 is 0 Å². The summed E-state index contributed by atoms with van der Waals surface area (Å²) in [5, 5.41) is 0. The van der Waals surface area contributed by atoms with Gasteiger partial charge in [-0.25, -0.2) is 0 Å². The quantitative estimate of drug-likeness (QED) is 0.620. The average molecular weight is 188 g/mol. The predicted octanol–water partition coefficient (Wildman–Crippen LogP) is 0.204. The van der Waals surface area contributed by atoms with Gasteiger partial charge in [0.1, 0.15) is 23.9 Å². The number of methoxy groups -OCH3 is 2.